The van der Waals surface area contributed by atoms with E-state index in [4.69, 9.17) is 13.0 Å². The highest BCUT2D eigenvalue weighted by molar-refractivity contribution is 8.00. The zero-order chi connectivity index (χ0) is 13.0. The van der Waals surface area contributed by atoms with Gasteiger partial charge in [0.15, 0.2) is 0 Å². The molecule has 0 aromatic carbocycles. The predicted molar refractivity (Wildman–Crippen MR) is 53.8 cm³/mol. The summed E-state index contributed by atoms with van der Waals surface area (Å²) in [6.07, 6.45) is 1.60. The lowest BCUT2D eigenvalue weighted by molar-refractivity contribution is -0.118. The van der Waals surface area contributed by atoms with E-state index < -0.39 is 15.6 Å². The van der Waals surface area contributed by atoms with Crippen LogP contribution in [0.1, 0.15) is 19.8 Å². The number of carbonyl (C=O) groups excluding carboxylic acids is 1. The summed E-state index contributed by atoms with van der Waals surface area (Å²) >= 11 is 1.90. The zero-order valence-electron chi connectivity index (χ0n) is 8.32. The van der Waals surface area contributed by atoms with Crippen molar-refractivity contribution in [3.05, 3.63) is 0 Å². The minimum absolute atomic E-state index is 0.441. The molecule has 96 valence electrons. The molecule has 1 heterocycles. The van der Waals surface area contributed by atoms with Crippen LogP contribution < -0.4 is 0 Å². The lowest BCUT2D eigenvalue weighted by atomic mass is 10.2. The molecule has 0 bridgehead atoms. The summed E-state index contributed by atoms with van der Waals surface area (Å²) in [5.74, 6) is 1.48. The third-order valence-corrected chi connectivity index (χ3v) is 3.35. The lowest BCUT2D eigenvalue weighted by Crippen LogP contribution is -2.21. The van der Waals surface area contributed by atoms with Crippen LogP contribution in [0.25, 0.3) is 0 Å². The molecule has 9 heteroatoms. The van der Waals surface area contributed by atoms with Crippen LogP contribution in [0.3, 0.4) is 0 Å². The third kappa shape index (κ3) is 6.33. The molecule has 0 amide bonds. The molecule has 4 nitrogen and oxygen atoms in total. The van der Waals surface area contributed by atoms with Gasteiger partial charge in [-0.25, -0.2) is 0 Å². The molecule has 1 saturated heterocycles. The normalized spacial score (nSPS) is 22.3. The number of hydrogen-bond donors (Lipinski definition) is 1. The molecular weight excluding hydrogens is 269 g/mol. The largest absolute Gasteiger partial charge is 0.522 e. The Labute approximate surface area is 95.3 Å². The van der Waals surface area contributed by atoms with Crippen LogP contribution >= 0.6 is 11.8 Å². The highest BCUT2D eigenvalue weighted by Crippen LogP contribution is 2.21. The first-order chi connectivity index (χ1) is 7.04. The smallest absolute Gasteiger partial charge is 0.300 e. The molecule has 0 spiro atoms. The summed E-state index contributed by atoms with van der Waals surface area (Å²) in [6, 6.07) is 0. The van der Waals surface area contributed by atoms with Crippen LogP contribution in [-0.4, -0.2) is 35.3 Å². The minimum atomic E-state index is -5.84. The van der Waals surface area contributed by atoms with Crippen molar-refractivity contribution in [3.63, 3.8) is 0 Å². The molecule has 1 rings (SSSR count). The van der Waals surface area contributed by atoms with Gasteiger partial charge in [-0.05, 0) is 0 Å². The fourth-order valence-electron chi connectivity index (χ4n) is 0.856. The Bertz CT molecular complexity index is 336. The SMILES string of the molecule is CC1CC(=O)CCS1.O=S(=O)(O)C(F)(F)F. The zero-order valence-corrected chi connectivity index (χ0v) is 9.95. The van der Waals surface area contributed by atoms with Crippen LogP contribution in [0.15, 0.2) is 0 Å². The summed E-state index contributed by atoms with van der Waals surface area (Å²) in [5.41, 5.74) is -5.53. The van der Waals surface area contributed by atoms with Gasteiger partial charge < -0.3 is 0 Å². The molecule has 0 saturated carbocycles. The molecule has 0 aromatic heterocycles. The van der Waals surface area contributed by atoms with Gasteiger partial charge in [-0.3, -0.25) is 9.35 Å². The number of rotatable bonds is 0. The number of ketones is 1. The molecule has 1 unspecified atom stereocenters. The Kier molecular flexibility index (Phi) is 5.77. The van der Waals surface area contributed by atoms with E-state index in [1.807, 2.05) is 11.8 Å². The monoisotopic (exact) mass is 280 g/mol. The van der Waals surface area contributed by atoms with Crippen molar-refractivity contribution < 1.29 is 30.9 Å². The Morgan fingerprint density at radius 1 is 1.44 bits per heavy atom. The van der Waals surface area contributed by atoms with Crippen molar-refractivity contribution in [2.75, 3.05) is 5.75 Å². The quantitative estimate of drug-likeness (QED) is 0.541. The summed E-state index contributed by atoms with van der Waals surface area (Å²) in [4.78, 5) is 10.7. The Morgan fingerprint density at radius 3 is 2.06 bits per heavy atom. The van der Waals surface area contributed by atoms with Gasteiger partial charge in [0, 0.05) is 23.8 Å². The molecule has 1 fully saturated rings. The van der Waals surface area contributed by atoms with Crippen LogP contribution in [-0.2, 0) is 14.9 Å². The van der Waals surface area contributed by atoms with E-state index in [0.29, 0.717) is 11.0 Å². The Balaban J connectivity index is 0.000000281. The number of Topliss-reactive ketones (excluding diaryl/α,β-unsaturated/α-hetero) is 1. The fourth-order valence-corrected chi connectivity index (χ4v) is 1.91. The highest BCUT2D eigenvalue weighted by Gasteiger charge is 2.44. The van der Waals surface area contributed by atoms with E-state index in [1.165, 1.54) is 0 Å². The topological polar surface area (TPSA) is 71.4 Å². The maximum atomic E-state index is 10.7. The summed E-state index contributed by atoms with van der Waals surface area (Å²) < 4.78 is 57.5. The maximum Gasteiger partial charge on any atom is 0.522 e. The second kappa shape index (κ2) is 5.87. The van der Waals surface area contributed by atoms with Crippen molar-refractivity contribution >= 4 is 27.7 Å². The second-order valence-electron chi connectivity index (χ2n) is 3.10. The molecule has 0 aliphatic carbocycles. The van der Waals surface area contributed by atoms with E-state index in [1.54, 1.807) is 0 Å². The molecule has 0 aromatic rings. The van der Waals surface area contributed by atoms with Crippen LogP contribution in [0.2, 0.25) is 0 Å². The molecule has 1 atom stereocenters. The molecule has 1 aliphatic rings. The van der Waals surface area contributed by atoms with Gasteiger partial charge in [-0.1, -0.05) is 6.92 Å². The van der Waals surface area contributed by atoms with E-state index in [9.17, 15) is 18.0 Å². The Morgan fingerprint density at radius 2 is 1.88 bits per heavy atom. The molecule has 1 N–H and O–H groups in total. The summed E-state index contributed by atoms with van der Waals surface area (Å²) in [6.45, 7) is 2.11. The van der Waals surface area contributed by atoms with Crippen LogP contribution in [0, 0.1) is 0 Å². The Hall–Kier alpha value is -0.280. The van der Waals surface area contributed by atoms with E-state index >= 15 is 0 Å². The lowest BCUT2D eigenvalue weighted by Gasteiger charge is -2.14. The van der Waals surface area contributed by atoms with Gasteiger partial charge in [-0.2, -0.15) is 33.4 Å². The average Bonchev–Trinajstić information content (AvgIpc) is 2.00. The van der Waals surface area contributed by atoms with Gasteiger partial charge in [0.1, 0.15) is 5.78 Å². The second-order valence-corrected chi connectivity index (χ2v) is 6.05. The van der Waals surface area contributed by atoms with Crippen LogP contribution in [0.5, 0.6) is 0 Å². The number of alkyl halides is 3. The van der Waals surface area contributed by atoms with Gasteiger partial charge in [0.25, 0.3) is 0 Å². The highest BCUT2D eigenvalue weighted by atomic mass is 32.2. The van der Waals surface area contributed by atoms with Gasteiger partial charge in [-0.15, -0.1) is 0 Å². The first kappa shape index (κ1) is 15.7. The molecule has 0 radical (unpaired) electrons. The van der Waals surface area contributed by atoms with Crippen molar-refractivity contribution in [1.29, 1.82) is 0 Å². The number of thioether (sulfide) groups is 1. The average molecular weight is 280 g/mol. The van der Waals surface area contributed by atoms with Crippen molar-refractivity contribution in [3.8, 4) is 0 Å². The predicted octanol–water partition coefficient (Wildman–Crippen LogP) is 1.87. The van der Waals surface area contributed by atoms with E-state index in [2.05, 4.69) is 6.92 Å². The minimum Gasteiger partial charge on any atom is -0.300 e. The van der Waals surface area contributed by atoms with Crippen molar-refractivity contribution in [1.82, 2.24) is 0 Å². The molecular formula is C7H11F3O4S2. The van der Waals surface area contributed by atoms with Crippen molar-refractivity contribution in [2.45, 2.75) is 30.5 Å². The first-order valence-electron chi connectivity index (χ1n) is 4.21. The third-order valence-electron chi connectivity index (χ3n) is 1.59. The molecule has 16 heavy (non-hydrogen) atoms. The van der Waals surface area contributed by atoms with Gasteiger partial charge in [0.05, 0.1) is 0 Å². The molecule has 1 aliphatic heterocycles. The number of halogens is 3. The van der Waals surface area contributed by atoms with Gasteiger partial charge >= 0.3 is 15.6 Å². The fraction of sp³-hybridized carbons (Fsp3) is 0.857. The summed E-state index contributed by atoms with van der Waals surface area (Å²) in [5, 5.41) is 0.580. The number of hydrogen-bond acceptors (Lipinski definition) is 4. The van der Waals surface area contributed by atoms with E-state index in [-0.39, 0.29) is 0 Å². The number of carbonyl (C=O) groups is 1. The van der Waals surface area contributed by atoms with Crippen LogP contribution in [0.4, 0.5) is 13.2 Å². The van der Waals surface area contributed by atoms with Gasteiger partial charge in [0.2, 0.25) is 0 Å². The standard InChI is InChI=1S/C6H10OS.CHF3O3S/c1-5-4-6(7)2-3-8-5;2-1(3,4)8(5,6)7/h5H,2-4H2,1H3;(H,5,6,7). The first-order valence-corrected chi connectivity index (χ1v) is 6.70. The summed E-state index contributed by atoms with van der Waals surface area (Å²) in [7, 11) is -5.84. The van der Waals surface area contributed by atoms with E-state index in [0.717, 1.165) is 18.6 Å². The maximum absolute atomic E-state index is 10.7. The van der Waals surface area contributed by atoms with Crippen molar-refractivity contribution in [2.24, 2.45) is 0 Å².